The Morgan fingerprint density at radius 2 is 1.94 bits per heavy atom. The number of benzene rings is 1. The maximum absolute atomic E-state index is 12.0. The van der Waals surface area contributed by atoms with Gasteiger partial charge in [0.15, 0.2) is 0 Å². The van der Waals surface area contributed by atoms with Crippen LogP contribution in [0, 0.1) is 6.92 Å². The largest absolute Gasteiger partial charge is 0.348 e. The maximum Gasteiger partial charge on any atom is 0.237 e. The third-order valence-electron chi connectivity index (χ3n) is 3.11. The molecule has 0 heterocycles. The number of carbonyl (C=O) groups excluding carboxylic acids is 1. The van der Waals surface area contributed by atoms with Crippen LogP contribution in [-0.4, -0.2) is 18.5 Å². The summed E-state index contributed by atoms with van der Waals surface area (Å²) in [7, 11) is 0. The Bertz CT molecular complexity index is 390. The predicted molar refractivity (Wildman–Crippen MR) is 75.5 cm³/mol. The Balaban J connectivity index is 2.57. The molecule has 3 nitrogen and oxygen atoms in total. The first-order chi connectivity index (χ1) is 8.56. The van der Waals surface area contributed by atoms with Crippen LogP contribution in [0.2, 0.25) is 0 Å². The molecular formula is C15H24N2O. The zero-order valence-corrected chi connectivity index (χ0v) is 11.8. The number of carbonyl (C=O) groups is 1. The summed E-state index contributed by atoms with van der Waals surface area (Å²) in [5, 5.41) is 6.24. The van der Waals surface area contributed by atoms with E-state index in [1.165, 1.54) is 11.1 Å². The van der Waals surface area contributed by atoms with E-state index >= 15 is 0 Å². The van der Waals surface area contributed by atoms with Crippen molar-refractivity contribution in [1.29, 1.82) is 0 Å². The maximum atomic E-state index is 12.0. The summed E-state index contributed by atoms with van der Waals surface area (Å²) >= 11 is 0. The second kappa shape index (κ2) is 7.17. The lowest BCUT2D eigenvalue weighted by Gasteiger charge is -2.20. The summed E-state index contributed by atoms with van der Waals surface area (Å²) in [6, 6.07) is 8.05. The van der Waals surface area contributed by atoms with Gasteiger partial charge in [-0.15, -0.1) is 0 Å². The number of amides is 1. The highest BCUT2D eigenvalue weighted by Gasteiger charge is 2.15. The van der Waals surface area contributed by atoms with E-state index in [9.17, 15) is 4.79 Å². The van der Waals surface area contributed by atoms with Gasteiger partial charge in [-0.2, -0.15) is 0 Å². The molecule has 0 saturated heterocycles. The van der Waals surface area contributed by atoms with Gasteiger partial charge < -0.3 is 10.6 Å². The highest BCUT2D eigenvalue weighted by Crippen LogP contribution is 2.16. The summed E-state index contributed by atoms with van der Waals surface area (Å²) in [6.45, 7) is 8.94. The Hall–Kier alpha value is -1.35. The molecule has 3 heteroatoms. The molecule has 0 fully saturated rings. The van der Waals surface area contributed by atoms with Crippen LogP contribution in [0.1, 0.15) is 44.4 Å². The van der Waals surface area contributed by atoms with Crippen molar-refractivity contribution in [2.24, 2.45) is 0 Å². The van der Waals surface area contributed by atoms with E-state index in [-0.39, 0.29) is 18.0 Å². The molecule has 0 saturated carbocycles. The van der Waals surface area contributed by atoms with Gasteiger partial charge in [-0.3, -0.25) is 4.79 Å². The van der Waals surface area contributed by atoms with Crippen molar-refractivity contribution in [3.05, 3.63) is 35.4 Å². The minimum absolute atomic E-state index is 0.0459. The molecule has 18 heavy (non-hydrogen) atoms. The predicted octanol–water partition coefficient (Wildman–Crippen LogP) is 2.56. The fraction of sp³-hybridized carbons (Fsp3) is 0.533. The number of hydrogen-bond donors (Lipinski definition) is 2. The number of hydrogen-bond acceptors (Lipinski definition) is 2. The summed E-state index contributed by atoms with van der Waals surface area (Å²) in [5.41, 5.74) is 2.38. The first-order valence-corrected chi connectivity index (χ1v) is 6.65. The lowest BCUT2D eigenvalue weighted by molar-refractivity contribution is -0.123. The van der Waals surface area contributed by atoms with E-state index < -0.39 is 0 Å². The second-order valence-electron chi connectivity index (χ2n) is 4.76. The van der Waals surface area contributed by atoms with Gasteiger partial charge in [-0.25, -0.2) is 0 Å². The summed E-state index contributed by atoms with van der Waals surface area (Å²) in [5.74, 6) is 0.0548. The minimum Gasteiger partial charge on any atom is -0.348 e. The van der Waals surface area contributed by atoms with E-state index in [2.05, 4.69) is 36.6 Å². The van der Waals surface area contributed by atoms with E-state index in [1.54, 1.807) is 0 Å². The number of nitrogens with one attached hydrogen (secondary N) is 2. The van der Waals surface area contributed by atoms with Crippen LogP contribution >= 0.6 is 0 Å². The van der Waals surface area contributed by atoms with Crippen LogP contribution in [0.4, 0.5) is 0 Å². The quantitative estimate of drug-likeness (QED) is 0.812. The molecule has 100 valence electrons. The number of aryl methyl sites for hydroxylation is 1. The van der Waals surface area contributed by atoms with Crippen molar-refractivity contribution < 1.29 is 4.79 Å². The molecule has 0 aliphatic rings. The van der Waals surface area contributed by atoms with Crippen molar-refractivity contribution in [2.75, 3.05) is 6.54 Å². The standard InChI is InChI=1S/C15H24N2O/c1-5-10-16-13(4)15(18)17-12(3)14-9-7-6-8-11(14)2/h6-9,12-13,16H,5,10H2,1-4H3,(H,17,18). The SMILES string of the molecule is CCCNC(C)C(=O)NC(C)c1ccccc1C. The molecule has 2 unspecified atom stereocenters. The molecule has 1 rings (SSSR count). The van der Waals surface area contributed by atoms with Gasteiger partial charge in [0.25, 0.3) is 0 Å². The molecule has 1 aromatic carbocycles. The average molecular weight is 248 g/mol. The van der Waals surface area contributed by atoms with Crippen molar-refractivity contribution in [3.63, 3.8) is 0 Å². The zero-order valence-electron chi connectivity index (χ0n) is 11.8. The normalized spacial score (nSPS) is 14.0. The summed E-state index contributed by atoms with van der Waals surface area (Å²) in [6.07, 6.45) is 1.03. The van der Waals surface area contributed by atoms with Gasteiger partial charge in [-0.1, -0.05) is 31.2 Å². The average Bonchev–Trinajstić information content (AvgIpc) is 2.36. The molecule has 1 amide bonds. The molecule has 0 aliphatic carbocycles. The fourth-order valence-corrected chi connectivity index (χ4v) is 1.94. The van der Waals surface area contributed by atoms with Crippen molar-refractivity contribution in [2.45, 2.75) is 46.2 Å². The summed E-state index contributed by atoms with van der Waals surface area (Å²) in [4.78, 5) is 12.0. The van der Waals surface area contributed by atoms with Gasteiger partial charge in [0.05, 0.1) is 12.1 Å². The monoisotopic (exact) mass is 248 g/mol. The summed E-state index contributed by atoms with van der Waals surface area (Å²) < 4.78 is 0. The first kappa shape index (κ1) is 14.7. The molecule has 2 atom stereocenters. The Kier molecular flexibility index (Phi) is 5.86. The lowest BCUT2D eigenvalue weighted by atomic mass is 10.0. The minimum atomic E-state index is -0.142. The molecule has 0 radical (unpaired) electrons. The van der Waals surface area contributed by atoms with Gasteiger partial charge in [-0.05, 0) is 44.9 Å². The highest BCUT2D eigenvalue weighted by atomic mass is 16.2. The smallest absolute Gasteiger partial charge is 0.237 e. The fourth-order valence-electron chi connectivity index (χ4n) is 1.94. The highest BCUT2D eigenvalue weighted by molar-refractivity contribution is 5.81. The van der Waals surface area contributed by atoms with E-state index in [4.69, 9.17) is 0 Å². The van der Waals surface area contributed by atoms with Crippen LogP contribution < -0.4 is 10.6 Å². The second-order valence-corrected chi connectivity index (χ2v) is 4.76. The van der Waals surface area contributed by atoms with Crippen LogP contribution in [0.5, 0.6) is 0 Å². The molecule has 0 aromatic heterocycles. The van der Waals surface area contributed by atoms with Gasteiger partial charge in [0, 0.05) is 0 Å². The third-order valence-corrected chi connectivity index (χ3v) is 3.11. The van der Waals surface area contributed by atoms with Crippen LogP contribution in [0.15, 0.2) is 24.3 Å². The Labute approximate surface area is 110 Å². The van der Waals surface area contributed by atoms with Gasteiger partial charge in [0.2, 0.25) is 5.91 Å². The molecule has 2 N–H and O–H groups in total. The number of rotatable bonds is 6. The molecule has 0 spiro atoms. The van der Waals surface area contributed by atoms with Gasteiger partial charge in [0.1, 0.15) is 0 Å². The van der Waals surface area contributed by atoms with E-state index in [0.717, 1.165) is 13.0 Å². The Morgan fingerprint density at radius 3 is 2.56 bits per heavy atom. The van der Waals surface area contributed by atoms with Crippen LogP contribution in [0.25, 0.3) is 0 Å². The molecular weight excluding hydrogens is 224 g/mol. The van der Waals surface area contributed by atoms with Crippen molar-refractivity contribution in [1.82, 2.24) is 10.6 Å². The van der Waals surface area contributed by atoms with Crippen molar-refractivity contribution >= 4 is 5.91 Å². The molecule has 0 aliphatic heterocycles. The Morgan fingerprint density at radius 1 is 1.28 bits per heavy atom. The topological polar surface area (TPSA) is 41.1 Å². The zero-order chi connectivity index (χ0) is 13.5. The van der Waals surface area contributed by atoms with Crippen molar-refractivity contribution in [3.8, 4) is 0 Å². The first-order valence-electron chi connectivity index (χ1n) is 6.65. The van der Waals surface area contributed by atoms with Crippen LogP contribution in [-0.2, 0) is 4.79 Å². The molecule has 1 aromatic rings. The third kappa shape index (κ3) is 4.15. The van der Waals surface area contributed by atoms with Crippen LogP contribution in [0.3, 0.4) is 0 Å². The molecule has 0 bridgehead atoms. The van der Waals surface area contributed by atoms with E-state index in [1.807, 2.05) is 26.0 Å². The van der Waals surface area contributed by atoms with Gasteiger partial charge >= 0.3 is 0 Å². The van der Waals surface area contributed by atoms with E-state index in [0.29, 0.717) is 0 Å². The lowest BCUT2D eigenvalue weighted by Crippen LogP contribution is -2.43.